The Labute approximate surface area is 161 Å². The van der Waals surface area contributed by atoms with Gasteiger partial charge in [0.25, 0.3) is 5.91 Å². The number of hydrogen-bond acceptors (Lipinski definition) is 3. The molecular weight excluding hydrogens is 390 g/mol. The molecule has 0 spiro atoms. The molecule has 0 radical (unpaired) electrons. The molecule has 0 saturated heterocycles. The van der Waals surface area contributed by atoms with Crippen molar-refractivity contribution in [3.8, 4) is 0 Å². The lowest BCUT2D eigenvalue weighted by molar-refractivity contribution is -0.137. The van der Waals surface area contributed by atoms with Gasteiger partial charge in [0.1, 0.15) is 0 Å². The fraction of sp³-hybridized carbons (Fsp3) is 0.105. The lowest BCUT2D eigenvalue weighted by atomic mass is 10.1. The van der Waals surface area contributed by atoms with Crippen LogP contribution in [-0.4, -0.2) is 25.7 Å². The summed E-state index contributed by atoms with van der Waals surface area (Å²) in [7, 11) is 0. The molecule has 0 atom stereocenters. The quantitative estimate of drug-likeness (QED) is 0.501. The van der Waals surface area contributed by atoms with Gasteiger partial charge in [-0.15, -0.1) is 0 Å². The summed E-state index contributed by atoms with van der Waals surface area (Å²) in [5.74, 6) is -1.05. The lowest BCUT2D eigenvalue weighted by Gasteiger charge is -2.07. The number of anilines is 1. The highest BCUT2D eigenvalue weighted by Crippen LogP contribution is 2.29. The summed E-state index contributed by atoms with van der Waals surface area (Å²) >= 11 is 0. The number of aromatic nitrogens is 4. The number of rotatable bonds is 4. The minimum Gasteiger partial charge on any atom is -0.357 e. The molecule has 4 rings (SSSR count). The molecule has 0 saturated carbocycles. The van der Waals surface area contributed by atoms with E-state index in [0.29, 0.717) is 16.6 Å². The number of benzene rings is 1. The van der Waals surface area contributed by atoms with Crippen LogP contribution < -0.4 is 5.32 Å². The minimum atomic E-state index is -4.39. The van der Waals surface area contributed by atoms with Gasteiger partial charge in [-0.05, 0) is 23.8 Å². The fourth-order valence-corrected chi connectivity index (χ4v) is 2.85. The van der Waals surface area contributed by atoms with Crippen molar-refractivity contribution < 1.29 is 22.4 Å². The second-order valence-corrected chi connectivity index (χ2v) is 6.29. The molecule has 10 heteroatoms. The Balaban J connectivity index is 1.47. The summed E-state index contributed by atoms with van der Waals surface area (Å²) in [5.41, 5.74) is 0.561. The topological polar surface area (TPSA) is 75.6 Å². The highest BCUT2D eigenvalue weighted by atomic mass is 19.4. The van der Waals surface area contributed by atoms with Gasteiger partial charge in [-0.2, -0.15) is 18.3 Å². The zero-order valence-electron chi connectivity index (χ0n) is 14.7. The molecule has 0 bridgehead atoms. The van der Waals surface area contributed by atoms with E-state index in [-0.39, 0.29) is 17.8 Å². The van der Waals surface area contributed by atoms with Gasteiger partial charge in [0, 0.05) is 24.0 Å². The first-order valence-electron chi connectivity index (χ1n) is 8.43. The molecule has 0 aliphatic heterocycles. The van der Waals surface area contributed by atoms with Gasteiger partial charge in [0.15, 0.2) is 11.5 Å². The maximum absolute atomic E-state index is 13.7. The number of nitrogens with one attached hydrogen (secondary N) is 2. The van der Waals surface area contributed by atoms with E-state index in [0.717, 1.165) is 18.3 Å². The Morgan fingerprint density at radius 2 is 1.90 bits per heavy atom. The molecule has 0 aliphatic carbocycles. The zero-order chi connectivity index (χ0) is 20.6. The zero-order valence-corrected chi connectivity index (χ0v) is 14.7. The van der Waals surface area contributed by atoms with E-state index >= 15 is 0 Å². The first kappa shape index (κ1) is 18.7. The van der Waals surface area contributed by atoms with Crippen LogP contribution in [-0.2, 0) is 12.7 Å². The van der Waals surface area contributed by atoms with Crippen LogP contribution in [0.5, 0.6) is 0 Å². The van der Waals surface area contributed by atoms with E-state index in [1.807, 2.05) is 0 Å². The molecule has 0 fully saturated rings. The van der Waals surface area contributed by atoms with E-state index < -0.39 is 23.5 Å². The molecule has 3 heterocycles. The van der Waals surface area contributed by atoms with E-state index in [9.17, 15) is 22.4 Å². The number of nitrogens with zero attached hydrogens (tertiary/aromatic N) is 3. The second-order valence-electron chi connectivity index (χ2n) is 6.29. The molecule has 4 aromatic rings. The number of fused-ring (bicyclic) bond motifs is 1. The van der Waals surface area contributed by atoms with Gasteiger partial charge in [-0.3, -0.25) is 14.5 Å². The van der Waals surface area contributed by atoms with Crippen LogP contribution in [0.2, 0.25) is 0 Å². The first-order chi connectivity index (χ1) is 13.8. The number of aromatic amines is 1. The molecule has 1 aromatic carbocycles. The summed E-state index contributed by atoms with van der Waals surface area (Å²) in [5, 5.41) is 7.19. The highest BCUT2D eigenvalue weighted by molar-refractivity contribution is 6.07. The van der Waals surface area contributed by atoms with E-state index in [1.54, 1.807) is 6.20 Å². The SMILES string of the molecule is O=C(Nc1c[nH]c2c(F)cncc12)c1ccn(Cc2ccc(C(F)(F)F)cc2)n1. The molecule has 0 unspecified atom stereocenters. The van der Waals surface area contributed by atoms with Crippen LogP contribution in [0.15, 0.2) is 55.1 Å². The highest BCUT2D eigenvalue weighted by Gasteiger charge is 2.29. The minimum absolute atomic E-state index is 0.107. The van der Waals surface area contributed by atoms with Gasteiger partial charge in [0.2, 0.25) is 0 Å². The first-order valence-corrected chi connectivity index (χ1v) is 8.43. The largest absolute Gasteiger partial charge is 0.416 e. The number of carbonyl (C=O) groups excluding carboxylic acids is 1. The van der Waals surface area contributed by atoms with Gasteiger partial charge in [-0.25, -0.2) is 4.39 Å². The van der Waals surface area contributed by atoms with Crippen LogP contribution in [0.3, 0.4) is 0 Å². The summed E-state index contributed by atoms with van der Waals surface area (Å²) < 4.78 is 53.0. The van der Waals surface area contributed by atoms with Gasteiger partial charge >= 0.3 is 6.18 Å². The van der Waals surface area contributed by atoms with Crippen LogP contribution in [0.25, 0.3) is 10.9 Å². The number of carbonyl (C=O) groups is 1. The van der Waals surface area contributed by atoms with Crippen molar-refractivity contribution in [1.29, 1.82) is 0 Å². The predicted octanol–water partition coefficient (Wildman–Crippen LogP) is 4.22. The standard InChI is InChI=1S/C19H13F4N5O/c20-14-8-24-7-13-16(9-25-17(13)14)26-18(29)15-5-6-28(27-15)10-11-1-3-12(4-2-11)19(21,22)23/h1-9,25H,10H2,(H,26,29). The van der Waals surface area contributed by atoms with Crippen LogP contribution >= 0.6 is 0 Å². The molecule has 0 aliphatic rings. The Kier molecular flexibility index (Phi) is 4.53. The summed E-state index contributed by atoms with van der Waals surface area (Å²) in [6, 6.07) is 6.19. The smallest absolute Gasteiger partial charge is 0.357 e. The number of H-pyrrole nitrogens is 1. The Hall–Kier alpha value is -3.69. The average molecular weight is 403 g/mol. The van der Waals surface area contributed by atoms with E-state index in [4.69, 9.17) is 0 Å². The van der Waals surface area contributed by atoms with Crippen LogP contribution in [0, 0.1) is 5.82 Å². The number of alkyl halides is 3. The Bertz CT molecular complexity index is 1180. The van der Waals surface area contributed by atoms with Gasteiger partial charge in [-0.1, -0.05) is 12.1 Å². The third-order valence-corrected chi connectivity index (χ3v) is 4.30. The number of amides is 1. The summed E-state index contributed by atoms with van der Waals surface area (Å²) in [6.07, 6.45) is 1.09. The number of pyridine rings is 1. The van der Waals surface area contributed by atoms with Crippen molar-refractivity contribution in [2.75, 3.05) is 5.32 Å². The van der Waals surface area contributed by atoms with Crippen LogP contribution in [0.4, 0.5) is 23.2 Å². The van der Waals surface area contributed by atoms with Crippen LogP contribution in [0.1, 0.15) is 21.6 Å². The van der Waals surface area contributed by atoms with Crippen molar-refractivity contribution in [1.82, 2.24) is 19.7 Å². The second kappa shape index (κ2) is 7.04. The normalized spacial score (nSPS) is 11.7. The summed E-state index contributed by atoms with van der Waals surface area (Å²) in [6.45, 7) is 0.202. The van der Waals surface area contributed by atoms with E-state index in [2.05, 4.69) is 20.4 Å². The molecule has 148 valence electrons. The van der Waals surface area contributed by atoms with Crippen molar-refractivity contribution in [2.45, 2.75) is 12.7 Å². The monoisotopic (exact) mass is 403 g/mol. The molecular formula is C19H13F4N5O. The Morgan fingerprint density at radius 3 is 2.62 bits per heavy atom. The Morgan fingerprint density at radius 1 is 1.14 bits per heavy atom. The van der Waals surface area contributed by atoms with Crippen molar-refractivity contribution in [3.05, 3.63) is 77.8 Å². The maximum Gasteiger partial charge on any atom is 0.416 e. The number of hydrogen-bond donors (Lipinski definition) is 2. The average Bonchev–Trinajstić information content (AvgIpc) is 3.30. The fourth-order valence-electron chi connectivity index (χ4n) is 2.85. The van der Waals surface area contributed by atoms with E-state index in [1.165, 1.54) is 35.3 Å². The van der Waals surface area contributed by atoms with Gasteiger partial charge in [0.05, 0.1) is 29.5 Å². The molecule has 2 N–H and O–H groups in total. The summed E-state index contributed by atoms with van der Waals surface area (Å²) in [4.78, 5) is 18.9. The van der Waals surface area contributed by atoms with Crippen molar-refractivity contribution >= 4 is 22.5 Å². The third kappa shape index (κ3) is 3.82. The molecule has 6 nitrogen and oxygen atoms in total. The van der Waals surface area contributed by atoms with Gasteiger partial charge < -0.3 is 10.3 Å². The molecule has 3 aromatic heterocycles. The lowest BCUT2D eigenvalue weighted by Crippen LogP contribution is -2.13. The van der Waals surface area contributed by atoms with Crippen molar-refractivity contribution in [2.24, 2.45) is 0 Å². The molecule has 1 amide bonds. The van der Waals surface area contributed by atoms with Crippen molar-refractivity contribution in [3.63, 3.8) is 0 Å². The molecule has 29 heavy (non-hydrogen) atoms. The number of halogens is 4. The third-order valence-electron chi connectivity index (χ3n) is 4.30. The predicted molar refractivity (Wildman–Crippen MR) is 96.8 cm³/mol. The maximum atomic E-state index is 13.7.